The van der Waals surface area contributed by atoms with Crippen LogP contribution in [-0.2, 0) is 14.8 Å². The second kappa shape index (κ2) is 9.00. The van der Waals surface area contributed by atoms with Gasteiger partial charge >= 0.3 is 0 Å². The molecular weight excluding hydrogens is 384 g/mol. The Morgan fingerprint density at radius 3 is 2.31 bits per heavy atom. The first kappa shape index (κ1) is 20.6. The summed E-state index contributed by atoms with van der Waals surface area (Å²) >= 11 is 0. The number of benzene rings is 1. The van der Waals surface area contributed by atoms with Gasteiger partial charge in [-0.25, -0.2) is 8.42 Å². The lowest BCUT2D eigenvalue weighted by Gasteiger charge is -2.43. The fraction of sp³-hybridized carbons (Fsp3) is 0.609. The molecule has 2 atom stereocenters. The molecule has 3 fully saturated rings. The van der Waals surface area contributed by atoms with E-state index in [0.717, 1.165) is 31.0 Å². The van der Waals surface area contributed by atoms with Crippen molar-refractivity contribution in [2.24, 2.45) is 17.8 Å². The molecule has 5 nitrogen and oxygen atoms in total. The lowest BCUT2D eigenvalue weighted by molar-refractivity contribution is -0.139. The Bertz CT molecular complexity index is 829. The highest BCUT2D eigenvalue weighted by atomic mass is 32.2. The summed E-state index contributed by atoms with van der Waals surface area (Å²) in [5, 5.41) is 1.29. The van der Waals surface area contributed by atoms with Crippen LogP contribution in [0.2, 0.25) is 0 Å². The number of hydrogen-bond acceptors (Lipinski definition) is 3. The number of amides is 1. The number of likely N-dealkylation sites (tertiary alicyclic amines) is 1. The summed E-state index contributed by atoms with van der Waals surface area (Å²) in [6.07, 6.45) is 9.29. The largest absolute Gasteiger partial charge is 0.342 e. The third-order valence-electron chi connectivity index (χ3n) is 7.00. The van der Waals surface area contributed by atoms with E-state index < -0.39 is 10.0 Å². The fourth-order valence-electron chi connectivity index (χ4n) is 5.23. The molecule has 0 bridgehead atoms. The predicted octanol–water partition coefficient (Wildman–Crippen LogP) is 3.74. The molecule has 158 valence electrons. The number of carbonyl (C=O) groups excluding carboxylic acids is 1. The van der Waals surface area contributed by atoms with E-state index in [2.05, 4.69) is 4.90 Å². The zero-order valence-electron chi connectivity index (χ0n) is 17.1. The number of nitrogens with zero attached hydrogens (tertiary/aromatic N) is 2. The van der Waals surface area contributed by atoms with Crippen LogP contribution in [0.5, 0.6) is 0 Å². The van der Waals surface area contributed by atoms with E-state index in [-0.39, 0.29) is 11.8 Å². The Morgan fingerprint density at radius 2 is 1.59 bits per heavy atom. The molecule has 29 heavy (non-hydrogen) atoms. The molecule has 6 heteroatoms. The molecule has 2 heterocycles. The summed E-state index contributed by atoms with van der Waals surface area (Å²) < 4.78 is 26.8. The zero-order chi connectivity index (χ0) is 20.3. The fourth-order valence-corrected chi connectivity index (χ4v) is 6.45. The van der Waals surface area contributed by atoms with Gasteiger partial charge in [-0.2, -0.15) is 4.31 Å². The molecule has 1 saturated carbocycles. The Morgan fingerprint density at radius 1 is 0.897 bits per heavy atom. The number of fused-ring (bicyclic) bond motifs is 1. The highest BCUT2D eigenvalue weighted by molar-refractivity contribution is 7.92. The third-order valence-corrected chi connectivity index (χ3v) is 8.56. The average Bonchev–Trinajstić information content (AvgIpc) is 2.78. The van der Waals surface area contributed by atoms with Gasteiger partial charge < -0.3 is 4.90 Å². The van der Waals surface area contributed by atoms with Crippen molar-refractivity contribution in [3.8, 4) is 0 Å². The summed E-state index contributed by atoms with van der Waals surface area (Å²) in [5.74, 6) is 1.73. The molecule has 1 aromatic rings. The van der Waals surface area contributed by atoms with Gasteiger partial charge in [0.2, 0.25) is 15.9 Å². The molecular formula is C23H32N2O3S. The predicted molar refractivity (Wildman–Crippen MR) is 115 cm³/mol. The number of piperidine rings is 2. The van der Waals surface area contributed by atoms with Crippen LogP contribution < -0.4 is 0 Å². The molecule has 0 spiro atoms. The maximum absolute atomic E-state index is 13.0. The van der Waals surface area contributed by atoms with Gasteiger partial charge in [0, 0.05) is 37.5 Å². The first-order valence-corrected chi connectivity index (χ1v) is 12.6. The summed E-state index contributed by atoms with van der Waals surface area (Å²) in [7, 11) is -3.44. The summed E-state index contributed by atoms with van der Waals surface area (Å²) in [6, 6.07) is 9.45. The molecule has 0 aromatic heterocycles. The van der Waals surface area contributed by atoms with Gasteiger partial charge in [-0.15, -0.1) is 0 Å². The number of hydrogen-bond donors (Lipinski definition) is 0. The Hall–Kier alpha value is -1.66. The lowest BCUT2D eigenvalue weighted by Crippen LogP contribution is -2.49. The van der Waals surface area contributed by atoms with Crippen molar-refractivity contribution in [1.82, 2.24) is 9.21 Å². The van der Waals surface area contributed by atoms with E-state index in [4.69, 9.17) is 0 Å². The minimum Gasteiger partial charge on any atom is -0.342 e. The molecule has 0 N–H and O–H groups in total. The topological polar surface area (TPSA) is 57.7 Å². The van der Waals surface area contributed by atoms with E-state index in [1.807, 2.05) is 30.3 Å². The number of rotatable bonds is 4. The van der Waals surface area contributed by atoms with Crippen molar-refractivity contribution >= 4 is 22.0 Å². The standard InChI is InChI=1S/C23H32N2O3S/c26-23(24-14-10-20-8-4-5-9-22(20)18-24)21-11-15-25(16-12-21)29(27,28)17-13-19-6-2-1-3-7-19/h1-3,6-7,13,17,20-22H,4-5,8-12,14-16,18H2/b17-13+/t20-,22+/m0/s1. The summed E-state index contributed by atoms with van der Waals surface area (Å²) in [5.41, 5.74) is 0.868. The van der Waals surface area contributed by atoms with E-state index in [9.17, 15) is 13.2 Å². The van der Waals surface area contributed by atoms with Crippen molar-refractivity contribution in [3.63, 3.8) is 0 Å². The van der Waals surface area contributed by atoms with Crippen molar-refractivity contribution in [2.45, 2.75) is 44.9 Å². The zero-order valence-corrected chi connectivity index (χ0v) is 17.9. The van der Waals surface area contributed by atoms with Crippen LogP contribution in [0.3, 0.4) is 0 Å². The van der Waals surface area contributed by atoms with Crippen LogP contribution in [0, 0.1) is 17.8 Å². The minimum absolute atomic E-state index is 0.0281. The van der Waals surface area contributed by atoms with E-state index in [1.54, 1.807) is 6.08 Å². The van der Waals surface area contributed by atoms with Crippen LogP contribution in [0.25, 0.3) is 6.08 Å². The monoisotopic (exact) mass is 416 g/mol. The Balaban J connectivity index is 1.30. The van der Waals surface area contributed by atoms with E-state index >= 15 is 0 Å². The van der Waals surface area contributed by atoms with Crippen LogP contribution in [0.15, 0.2) is 35.7 Å². The Labute approximate surface area is 174 Å². The normalized spacial score (nSPS) is 27.1. The second-order valence-corrected chi connectivity index (χ2v) is 10.6. The van der Waals surface area contributed by atoms with Gasteiger partial charge in [-0.05, 0) is 49.2 Å². The first-order valence-electron chi connectivity index (χ1n) is 11.0. The van der Waals surface area contributed by atoms with E-state index in [1.165, 1.54) is 35.4 Å². The maximum Gasteiger partial charge on any atom is 0.236 e. The lowest BCUT2D eigenvalue weighted by atomic mass is 9.75. The van der Waals surface area contributed by atoms with Crippen LogP contribution in [0.4, 0.5) is 0 Å². The van der Waals surface area contributed by atoms with E-state index in [0.29, 0.717) is 31.8 Å². The van der Waals surface area contributed by atoms with Gasteiger partial charge in [0.1, 0.15) is 0 Å². The molecule has 0 unspecified atom stereocenters. The van der Waals surface area contributed by atoms with Crippen LogP contribution >= 0.6 is 0 Å². The molecule has 1 amide bonds. The Kier molecular flexibility index (Phi) is 6.40. The van der Waals surface area contributed by atoms with Crippen molar-refractivity contribution in [2.75, 3.05) is 26.2 Å². The molecule has 0 radical (unpaired) electrons. The van der Waals surface area contributed by atoms with Gasteiger partial charge in [0.25, 0.3) is 0 Å². The highest BCUT2D eigenvalue weighted by Gasteiger charge is 2.37. The molecule has 2 saturated heterocycles. The summed E-state index contributed by atoms with van der Waals surface area (Å²) in [6.45, 7) is 2.66. The number of sulfonamides is 1. The van der Waals surface area contributed by atoms with Gasteiger partial charge in [0.15, 0.2) is 0 Å². The molecule has 4 rings (SSSR count). The highest BCUT2D eigenvalue weighted by Crippen LogP contribution is 2.37. The quantitative estimate of drug-likeness (QED) is 0.751. The number of carbonyl (C=O) groups is 1. The second-order valence-electron chi connectivity index (χ2n) is 8.81. The molecule has 3 aliphatic rings. The third kappa shape index (κ3) is 4.92. The average molecular weight is 417 g/mol. The van der Waals surface area contributed by atoms with Gasteiger partial charge in [-0.3, -0.25) is 4.79 Å². The molecule has 1 aromatic carbocycles. The molecule has 1 aliphatic carbocycles. The van der Waals surface area contributed by atoms with Crippen molar-refractivity contribution in [1.29, 1.82) is 0 Å². The van der Waals surface area contributed by atoms with Gasteiger partial charge in [0.05, 0.1) is 0 Å². The SMILES string of the molecule is O=C(C1CCN(S(=O)(=O)/C=C/c2ccccc2)CC1)N1CC[C@@H]2CCCC[C@@H]2C1. The van der Waals surface area contributed by atoms with Gasteiger partial charge in [-0.1, -0.05) is 49.6 Å². The van der Waals surface area contributed by atoms with Crippen molar-refractivity contribution < 1.29 is 13.2 Å². The first-order chi connectivity index (χ1) is 14.0. The molecule has 2 aliphatic heterocycles. The maximum atomic E-state index is 13.0. The van der Waals surface area contributed by atoms with Crippen LogP contribution in [0.1, 0.15) is 50.5 Å². The van der Waals surface area contributed by atoms with Crippen molar-refractivity contribution in [3.05, 3.63) is 41.3 Å². The minimum atomic E-state index is -3.44. The van der Waals surface area contributed by atoms with Crippen LogP contribution in [-0.4, -0.2) is 49.7 Å². The smallest absolute Gasteiger partial charge is 0.236 e. The summed E-state index contributed by atoms with van der Waals surface area (Å²) in [4.78, 5) is 15.1.